The highest BCUT2D eigenvalue weighted by Gasteiger charge is 2.23. The Balaban J connectivity index is 1.32. The zero-order chi connectivity index (χ0) is 19.1. The molecule has 0 unspecified atom stereocenters. The molecule has 0 spiro atoms. The minimum absolute atomic E-state index is 0.0465. The first kappa shape index (κ1) is 16.9. The van der Waals surface area contributed by atoms with Gasteiger partial charge in [0.15, 0.2) is 0 Å². The first-order valence-electron chi connectivity index (χ1n) is 9.63. The van der Waals surface area contributed by atoms with Gasteiger partial charge < -0.3 is 14.2 Å². The van der Waals surface area contributed by atoms with Crippen molar-refractivity contribution in [3.63, 3.8) is 0 Å². The average Bonchev–Trinajstić information content (AvgIpc) is 3.11. The van der Waals surface area contributed by atoms with E-state index in [1.54, 1.807) is 16.7 Å². The highest BCUT2D eigenvalue weighted by atomic mass is 16.5. The molecule has 0 aliphatic carbocycles. The van der Waals surface area contributed by atoms with Gasteiger partial charge in [-0.2, -0.15) is 0 Å². The van der Waals surface area contributed by atoms with Gasteiger partial charge in [0.05, 0.1) is 5.52 Å². The Kier molecular flexibility index (Phi) is 4.04. The number of hydrogen-bond acceptors (Lipinski definition) is 4. The Morgan fingerprint density at radius 2 is 1.89 bits per heavy atom. The summed E-state index contributed by atoms with van der Waals surface area (Å²) in [6, 6.07) is 15.5. The van der Waals surface area contributed by atoms with E-state index in [9.17, 15) is 4.79 Å². The zero-order valence-corrected chi connectivity index (χ0v) is 15.8. The van der Waals surface area contributed by atoms with E-state index >= 15 is 0 Å². The van der Waals surface area contributed by atoms with Crippen molar-refractivity contribution in [2.75, 3.05) is 18.0 Å². The monoisotopic (exact) mass is 374 g/mol. The number of aryl methyl sites for hydroxylation is 1. The Hall–Kier alpha value is -3.28. The van der Waals surface area contributed by atoms with Crippen LogP contribution in [0.5, 0.6) is 5.75 Å². The standard InChI is InChI=1S/C22H22N4O2/c1-24-12-10-17-18(24)5-4-6-19(17)28-16-8-13-25(14-9-16)21-15-22(27)26-11-3-2-7-20(26)23-21/h2-7,10-12,15-16H,8-9,13-14H2,1H3. The van der Waals surface area contributed by atoms with E-state index in [-0.39, 0.29) is 11.7 Å². The maximum absolute atomic E-state index is 12.3. The maximum atomic E-state index is 12.3. The van der Waals surface area contributed by atoms with Gasteiger partial charge in [-0.3, -0.25) is 9.20 Å². The molecule has 1 fully saturated rings. The molecule has 5 rings (SSSR count). The molecule has 142 valence electrons. The van der Waals surface area contributed by atoms with Crippen LogP contribution in [-0.2, 0) is 7.05 Å². The van der Waals surface area contributed by atoms with Gasteiger partial charge in [0, 0.05) is 56.8 Å². The molecular weight excluding hydrogens is 352 g/mol. The number of hydrogen-bond donors (Lipinski definition) is 0. The molecule has 0 saturated carbocycles. The molecule has 1 aliphatic rings. The van der Waals surface area contributed by atoms with Crippen molar-refractivity contribution in [3.8, 4) is 5.75 Å². The lowest BCUT2D eigenvalue weighted by molar-refractivity contribution is 0.173. The Morgan fingerprint density at radius 3 is 2.75 bits per heavy atom. The maximum Gasteiger partial charge on any atom is 0.259 e. The van der Waals surface area contributed by atoms with E-state index in [1.165, 1.54) is 5.52 Å². The van der Waals surface area contributed by atoms with Crippen molar-refractivity contribution in [1.82, 2.24) is 14.0 Å². The third-order valence-corrected chi connectivity index (χ3v) is 5.50. The molecule has 0 radical (unpaired) electrons. The van der Waals surface area contributed by atoms with Crippen LogP contribution in [0.2, 0.25) is 0 Å². The number of rotatable bonds is 3. The van der Waals surface area contributed by atoms with Gasteiger partial charge >= 0.3 is 0 Å². The minimum atomic E-state index is -0.0465. The highest BCUT2D eigenvalue weighted by Crippen LogP contribution is 2.29. The highest BCUT2D eigenvalue weighted by molar-refractivity contribution is 5.86. The van der Waals surface area contributed by atoms with Gasteiger partial charge in [-0.1, -0.05) is 12.1 Å². The molecule has 6 heteroatoms. The van der Waals surface area contributed by atoms with Crippen LogP contribution in [-0.4, -0.2) is 33.1 Å². The number of nitrogens with zero attached hydrogens (tertiary/aromatic N) is 4. The van der Waals surface area contributed by atoms with Crippen LogP contribution >= 0.6 is 0 Å². The smallest absolute Gasteiger partial charge is 0.259 e. The molecule has 1 aromatic carbocycles. The number of fused-ring (bicyclic) bond motifs is 2. The van der Waals surface area contributed by atoms with Crippen molar-refractivity contribution in [2.24, 2.45) is 7.05 Å². The van der Waals surface area contributed by atoms with Crippen molar-refractivity contribution >= 4 is 22.4 Å². The molecule has 4 aromatic rings. The average molecular weight is 374 g/mol. The van der Waals surface area contributed by atoms with Crippen LogP contribution in [0.15, 0.2) is 65.7 Å². The second kappa shape index (κ2) is 6.71. The fourth-order valence-electron chi connectivity index (χ4n) is 3.96. The van der Waals surface area contributed by atoms with Crippen LogP contribution in [0, 0.1) is 0 Å². The second-order valence-electron chi connectivity index (χ2n) is 7.30. The summed E-state index contributed by atoms with van der Waals surface area (Å²) < 4.78 is 10.0. The van der Waals surface area contributed by atoms with Gasteiger partial charge in [0.2, 0.25) is 0 Å². The molecule has 4 heterocycles. The SMILES string of the molecule is Cn1ccc2c(OC3CCN(c4cc(=O)n5ccccc5n4)CC3)cccc21. The number of benzene rings is 1. The van der Waals surface area contributed by atoms with Crippen LogP contribution in [0.1, 0.15) is 12.8 Å². The molecule has 1 aliphatic heterocycles. The topological polar surface area (TPSA) is 51.8 Å². The van der Waals surface area contributed by atoms with Gasteiger partial charge in [-0.15, -0.1) is 0 Å². The number of aromatic nitrogens is 3. The first-order chi connectivity index (χ1) is 13.7. The van der Waals surface area contributed by atoms with Crippen molar-refractivity contribution in [2.45, 2.75) is 18.9 Å². The summed E-state index contributed by atoms with van der Waals surface area (Å²) in [6.45, 7) is 1.65. The lowest BCUT2D eigenvalue weighted by Gasteiger charge is -2.33. The number of ether oxygens (including phenoxy) is 1. The number of anilines is 1. The Labute approximate surface area is 162 Å². The zero-order valence-electron chi connectivity index (χ0n) is 15.8. The third-order valence-electron chi connectivity index (χ3n) is 5.50. The Morgan fingerprint density at radius 1 is 1.04 bits per heavy atom. The van der Waals surface area contributed by atoms with Crippen molar-refractivity contribution < 1.29 is 4.74 Å². The van der Waals surface area contributed by atoms with Crippen molar-refractivity contribution in [1.29, 1.82) is 0 Å². The van der Waals surface area contributed by atoms with Gasteiger partial charge in [0.25, 0.3) is 5.56 Å². The first-order valence-corrected chi connectivity index (χ1v) is 9.63. The van der Waals surface area contributed by atoms with E-state index in [2.05, 4.69) is 32.8 Å². The predicted molar refractivity (Wildman–Crippen MR) is 110 cm³/mol. The second-order valence-corrected chi connectivity index (χ2v) is 7.30. The number of piperidine rings is 1. The Bertz CT molecular complexity index is 1200. The third kappa shape index (κ3) is 2.91. The molecule has 0 bridgehead atoms. The lowest BCUT2D eigenvalue weighted by atomic mass is 10.1. The minimum Gasteiger partial charge on any atom is -0.490 e. The lowest BCUT2D eigenvalue weighted by Crippen LogP contribution is -2.39. The molecule has 0 N–H and O–H groups in total. The predicted octanol–water partition coefficient (Wildman–Crippen LogP) is 3.23. The molecule has 0 amide bonds. The summed E-state index contributed by atoms with van der Waals surface area (Å²) >= 11 is 0. The van der Waals surface area contributed by atoms with Crippen LogP contribution < -0.4 is 15.2 Å². The van der Waals surface area contributed by atoms with Crippen LogP contribution in [0.4, 0.5) is 5.82 Å². The fourth-order valence-corrected chi connectivity index (χ4v) is 3.96. The van der Waals surface area contributed by atoms with Crippen molar-refractivity contribution in [3.05, 3.63) is 71.3 Å². The largest absolute Gasteiger partial charge is 0.490 e. The summed E-state index contributed by atoms with van der Waals surface area (Å²) in [5.41, 5.74) is 1.81. The van der Waals surface area contributed by atoms with E-state index in [4.69, 9.17) is 4.74 Å². The molecule has 28 heavy (non-hydrogen) atoms. The van der Waals surface area contributed by atoms with Crippen LogP contribution in [0.3, 0.4) is 0 Å². The van der Waals surface area contributed by atoms with Crippen LogP contribution in [0.25, 0.3) is 16.6 Å². The normalized spacial score (nSPS) is 15.4. The van der Waals surface area contributed by atoms with E-state index in [0.29, 0.717) is 5.65 Å². The molecule has 3 aromatic heterocycles. The molecule has 1 saturated heterocycles. The number of pyridine rings is 1. The molecule has 6 nitrogen and oxygen atoms in total. The van der Waals surface area contributed by atoms with E-state index < -0.39 is 0 Å². The quantitative estimate of drug-likeness (QED) is 0.552. The molecular formula is C22H22N4O2. The summed E-state index contributed by atoms with van der Waals surface area (Å²) in [4.78, 5) is 19.2. The van der Waals surface area contributed by atoms with E-state index in [0.717, 1.165) is 42.9 Å². The summed E-state index contributed by atoms with van der Waals surface area (Å²) in [6.07, 6.45) is 5.78. The summed E-state index contributed by atoms with van der Waals surface area (Å²) in [5.74, 6) is 1.69. The van der Waals surface area contributed by atoms with Gasteiger partial charge in [-0.05, 0) is 30.3 Å². The fraction of sp³-hybridized carbons (Fsp3) is 0.273. The summed E-state index contributed by atoms with van der Waals surface area (Å²) in [5, 5.41) is 1.15. The molecule has 0 atom stereocenters. The summed E-state index contributed by atoms with van der Waals surface area (Å²) in [7, 11) is 2.05. The van der Waals surface area contributed by atoms with Gasteiger partial charge in [0.1, 0.15) is 23.3 Å². The van der Waals surface area contributed by atoms with Gasteiger partial charge in [-0.25, -0.2) is 4.98 Å². The van der Waals surface area contributed by atoms with E-state index in [1.807, 2.05) is 37.4 Å².